The fraction of sp³-hybridized carbons (Fsp3) is 0.923. The van der Waals surface area contributed by atoms with Crippen molar-refractivity contribution in [1.29, 1.82) is 0 Å². The van der Waals surface area contributed by atoms with Crippen LogP contribution >= 0.6 is 0 Å². The Bertz CT molecular complexity index is 444. The van der Waals surface area contributed by atoms with Crippen molar-refractivity contribution in [2.75, 3.05) is 6.61 Å². The largest absolute Gasteiger partial charge is 0.479 e. The molecule has 0 aliphatic carbocycles. The van der Waals surface area contributed by atoms with Crippen LogP contribution in [0.3, 0.4) is 0 Å². The summed E-state index contributed by atoms with van der Waals surface area (Å²) in [5.41, 5.74) is 0. The predicted molar refractivity (Wildman–Crippen MR) is 72.6 cm³/mol. The summed E-state index contributed by atoms with van der Waals surface area (Å²) in [5.74, 6) is -1.46. The van der Waals surface area contributed by atoms with Crippen molar-refractivity contribution in [3.05, 3.63) is 0 Å². The highest BCUT2D eigenvalue weighted by Gasteiger charge is 2.50. The van der Waals surface area contributed by atoms with Gasteiger partial charge >= 0.3 is 5.97 Å². The zero-order valence-corrected chi connectivity index (χ0v) is 12.7. The summed E-state index contributed by atoms with van der Waals surface area (Å²) < 4.78 is 15.6. The number of carbonyl (C=O) groups is 1. The fourth-order valence-corrected chi connectivity index (χ4v) is 2.77. The van der Waals surface area contributed by atoms with Gasteiger partial charge in [0.05, 0.1) is 12.7 Å². The van der Waals surface area contributed by atoms with Crippen molar-refractivity contribution in [3.8, 4) is 0 Å². The SMILES string of the molecule is CC1O[C@H](C(=O)O)[C@@H](O)[C@H](O)[C@H]1OC1O[C@H](CO)[C@@H](O)[C@H](O)[C@H]1O. The summed E-state index contributed by atoms with van der Waals surface area (Å²) in [6.45, 7) is 0.730. The third-order valence-electron chi connectivity index (χ3n) is 4.20. The number of carboxylic acids is 1. The first-order valence-corrected chi connectivity index (χ1v) is 7.39. The first-order chi connectivity index (χ1) is 11.2. The van der Waals surface area contributed by atoms with Gasteiger partial charge in [-0.2, -0.15) is 0 Å². The molecule has 2 heterocycles. The molecule has 0 radical (unpaired) electrons. The number of hydrogen-bond acceptors (Lipinski definition) is 10. The van der Waals surface area contributed by atoms with Crippen LogP contribution in [-0.4, -0.2) is 110 Å². The number of hydrogen-bond donors (Lipinski definition) is 7. The van der Waals surface area contributed by atoms with Crippen LogP contribution in [0.2, 0.25) is 0 Å². The Morgan fingerprint density at radius 2 is 1.58 bits per heavy atom. The second-order valence-electron chi connectivity index (χ2n) is 5.88. The molecule has 11 heteroatoms. The minimum atomic E-state index is -1.78. The third-order valence-corrected chi connectivity index (χ3v) is 4.20. The van der Waals surface area contributed by atoms with Gasteiger partial charge in [-0.3, -0.25) is 0 Å². The van der Waals surface area contributed by atoms with Crippen molar-refractivity contribution >= 4 is 5.97 Å². The van der Waals surface area contributed by atoms with Gasteiger partial charge in [0.15, 0.2) is 12.4 Å². The lowest BCUT2D eigenvalue weighted by Gasteiger charge is -2.45. The maximum atomic E-state index is 11.0. The highest BCUT2D eigenvalue weighted by atomic mass is 16.7. The molecule has 2 rings (SSSR count). The number of aliphatic hydroxyl groups is 6. The summed E-state index contributed by atoms with van der Waals surface area (Å²) in [6.07, 6.45) is -15.1. The maximum Gasteiger partial charge on any atom is 0.335 e. The predicted octanol–water partition coefficient (Wildman–Crippen LogP) is -4.23. The second-order valence-corrected chi connectivity index (χ2v) is 5.88. The van der Waals surface area contributed by atoms with Crippen LogP contribution in [0.25, 0.3) is 0 Å². The van der Waals surface area contributed by atoms with E-state index in [1.165, 1.54) is 6.92 Å². The van der Waals surface area contributed by atoms with E-state index in [-0.39, 0.29) is 0 Å². The van der Waals surface area contributed by atoms with E-state index >= 15 is 0 Å². The molecule has 11 nitrogen and oxygen atoms in total. The molecule has 0 aromatic carbocycles. The maximum absolute atomic E-state index is 11.0. The zero-order valence-electron chi connectivity index (χ0n) is 12.7. The molecule has 0 amide bonds. The fourth-order valence-electron chi connectivity index (χ4n) is 2.77. The molecule has 0 bridgehead atoms. The number of rotatable bonds is 4. The van der Waals surface area contributed by atoms with Crippen LogP contribution in [-0.2, 0) is 19.0 Å². The molecule has 7 N–H and O–H groups in total. The summed E-state index contributed by atoms with van der Waals surface area (Å²) in [5, 5.41) is 67.2. The number of carboxylic acid groups (broad SMARTS) is 1. The third kappa shape index (κ3) is 3.54. The van der Waals surface area contributed by atoms with E-state index in [0.717, 1.165) is 0 Å². The van der Waals surface area contributed by atoms with Crippen molar-refractivity contribution in [2.45, 2.75) is 68.1 Å². The monoisotopic (exact) mass is 354 g/mol. The van der Waals surface area contributed by atoms with E-state index in [0.29, 0.717) is 0 Å². The molecule has 10 atom stereocenters. The van der Waals surface area contributed by atoms with Gasteiger partial charge in [0.25, 0.3) is 0 Å². The molecule has 2 saturated heterocycles. The number of aliphatic carboxylic acids is 1. The Kier molecular flexibility index (Phi) is 6.12. The van der Waals surface area contributed by atoms with Crippen LogP contribution in [0, 0.1) is 0 Å². The Labute approximate surface area is 136 Å². The van der Waals surface area contributed by atoms with Crippen molar-refractivity contribution < 1.29 is 54.8 Å². The summed E-state index contributed by atoms with van der Waals surface area (Å²) in [4.78, 5) is 11.0. The van der Waals surface area contributed by atoms with Crippen LogP contribution in [0.1, 0.15) is 6.92 Å². The van der Waals surface area contributed by atoms with Crippen molar-refractivity contribution in [2.24, 2.45) is 0 Å². The molecule has 2 aliphatic heterocycles. The van der Waals surface area contributed by atoms with Crippen molar-refractivity contribution in [3.63, 3.8) is 0 Å². The van der Waals surface area contributed by atoms with Gasteiger partial charge < -0.3 is 50.0 Å². The van der Waals surface area contributed by atoms with Crippen LogP contribution in [0.15, 0.2) is 0 Å². The minimum absolute atomic E-state index is 0.659. The van der Waals surface area contributed by atoms with E-state index in [1.54, 1.807) is 0 Å². The molecule has 0 saturated carbocycles. The van der Waals surface area contributed by atoms with E-state index in [4.69, 9.17) is 24.4 Å². The lowest BCUT2D eigenvalue weighted by Crippen LogP contribution is -2.64. The van der Waals surface area contributed by atoms with Crippen molar-refractivity contribution in [1.82, 2.24) is 0 Å². The second kappa shape index (κ2) is 7.56. The van der Waals surface area contributed by atoms with Gasteiger partial charge in [0.1, 0.15) is 42.7 Å². The molecule has 2 unspecified atom stereocenters. The molecule has 0 aromatic heterocycles. The van der Waals surface area contributed by atoms with E-state index < -0.39 is 73.8 Å². The standard InChI is InChI=1S/C13H22O11/c1-3-10(7(17)8(18)11(22-3)12(20)21)24-13-9(19)6(16)5(15)4(2-14)23-13/h3-11,13-19H,2H2,1H3,(H,20,21)/t3?,4-,5-,6+,7+,8+,9-,10+,11+,13?/m1/s1. The molecule has 2 aliphatic rings. The van der Waals surface area contributed by atoms with Gasteiger partial charge in [-0.15, -0.1) is 0 Å². The average Bonchev–Trinajstić information content (AvgIpc) is 2.54. The molecule has 0 spiro atoms. The minimum Gasteiger partial charge on any atom is -0.479 e. The highest BCUT2D eigenvalue weighted by molar-refractivity contribution is 5.73. The van der Waals surface area contributed by atoms with E-state index in [9.17, 15) is 30.3 Å². The number of ether oxygens (including phenoxy) is 3. The topological polar surface area (TPSA) is 186 Å². The molecule has 2 fully saturated rings. The van der Waals surface area contributed by atoms with Gasteiger partial charge in [-0.05, 0) is 6.92 Å². The lowest BCUT2D eigenvalue weighted by atomic mass is 9.94. The normalized spacial score (nSPS) is 49.8. The van der Waals surface area contributed by atoms with Gasteiger partial charge in [-0.25, -0.2) is 4.79 Å². The number of aliphatic hydroxyl groups excluding tert-OH is 6. The summed E-state index contributed by atoms with van der Waals surface area (Å²) >= 11 is 0. The van der Waals surface area contributed by atoms with Crippen LogP contribution in [0.5, 0.6) is 0 Å². The quantitative estimate of drug-likeness (QED) is 0.259. The molecule has 0 aromatic rings. The molecular formula is C13H22O11. The molecule has 140 valence electrons. The summed E-state index contributed by atoms with van der Waals surface area (Å²) in [7, 11) is 0. The first-order valence-electron chi connectivity index (χ1n) is 7.39. The lowest BCUT2D eigenvalue weighted by molar-refractivity contribution is -0.338. The zero-order chi connectivity index (χ0) is 18.2. The Balaban J connectivity index is 2.10. The van der Waals surface area contributed by atoms with Gasteiger partial charge in [0.2, 0.25) is 0 Å². The summed E-state index contributed by atoms with van der Waals surface area (Å²) in [6, 6.07) is 0. The first kappa shape index (κ1) is 19.4. The smallest absolute Gasteiger partial charge is 0.335 e. The highest BCUT2D eigenvalue weighted by Crippen LogP contribution is 2.29. The van der Waals surface area contributed by atoms with Gasteiger partial charge in [0, 0.05) is 0 Å². The van der Waals surface area contributed by atoms with Gasteiger partial charge in [-0.1, -0.05) is 0 Å². The molecular weight excluding hydrogens is 332 g/mol. The van der Waals surface area contributed by atoms with E-state index in [1.807, 2.05) is 0 Å². The average molecular weight is 354 g/mol. The van der Waals surface area contributed by atoms with E-state index in [2.05, 4.69) is 0 Å². The Morgan fingerprint density at radius 3 is 2.12 bits per heavy atom. The Morgan fingerprint density at radius 1 is 0.958 bits per heavy atom. The van der Waals surface area contributed by atoms with Crippen LogP contribution in [0.4, 0.5) is 0 Å². The van der Waals surface area contributed by atoms with Crippen LogP contribution < -0.4 is 0 Å². The molecule has 24 heavy (non-hydrogen) atoms. The Hall–Kier alpha value is -0.890.